The molecule has 0 N–H and O–H groups in total. The minimum Gasteiger partial charge on any atom is -0.421 e. The van der Waals surface area contributed by atoms with Crippen molar-refractivity contribution in [3.05, 3.63) is 35.5 Å². The summed E-state index contributed by atoms with van der Waals surface area (Å²) in [5.41, 5.74) is 1.21. The highest BCUT2D eigenvalue weighted by Crippen LogP contribution is 2.19. The second-order valence-corrected chi connectivity index (χ2v) is 3.09. The van der Waals surface area contributed by atoms with Crippen molar-refractivity contribution in [2.24, 2.45) is 0 Å². The molecule has 0 bridgehead atoms. The van der Waals surface area contributed by atoms with Crippen LogP contribution in [0.4, 0.5) is 4.39 Å². The second-order valence-electron chi connectivity index (χ2n) is 3.09. The van der Waals surface area contributed by atoms with Gasteiger partial charge in [0.2, 0.25) is 11.8 Å². The summed E-state index contributed by atoms with van der Waals surface area (Å²) < 4.78 is 18.4. The fraction of sp³-hybridized carbons (Fsp3) is 0.200. The van der Waals surface area contributed by atoms with Gasteiger partial charge in [0.1, 0.15) is 5.82 Å². The molecule has 0 saturated carbocycles. The summed E-state index contributed by atoms with van der Waals surface area (Å²) in [5, 5.41) is 7.48. The highest BCUT2D eigenvalue weighted by molar-refractivity contribution is 5.53. The van der Waals surface area contributed by atoms with Gasteiger partial charge in [0.25, 0.3) is 0 Å². The zero-order valence-corrected chi connectivity index (χ0v) is 7.91. The Kier molecular flexibility index (Phi) is 2.04. The van der Waals surface area contributed by atoms with Crippen LogP contribution in [0.1, 0.15) is 11.5 Å². The van der Waals surface area contributed by atoms with Gasteiger partial charge in [-0.3, -0.25) is 0 Å². The summed E-state index contributed by atoms with van der Waals surface area (Å²) in [7, 11) is 0. The molecule has 0 radical (unpaired) electrons. The highest BCUT2D eigenvalue weighted by Gasteiger charge is 2.07. The van der Waals surface area contributed by atoms with E-state index in [1.807, 2.05) is 0 Å². The monoisotopic (exact) mass is 192 g/mol. The van der Waals surface area contributed by atoms with E-state index in [1.165, 1.54) is 6.07 Å². The summed E-state index contributed by atoms with van der Waals surface area (Å²) in [4.78, 5) is 0. The zero-order valence-electron chi connectivity index (χ0n) is 7.91. The van der Waals surface area contributed by atoms with Crippen LogP contribution in [0.25, 0.3) is 11.5 Å². The first-order valence-corrected chi connectivity index (χ1v) is 4.23. The van der Waals surface area contributed by atoms with E-state index in [9.17, 15) is 4.39 Å². The van der Waals surface area contributed by atoms with Crippen LogP contribution in [0.5, 0.6) is 0 Å². The van der Waals surface area contributed by atoms with Gasteiger partial charge in [0, 0.05) is 12.5 Å². The molecule has 14 heavy (non-hydrogen) atoms. The van der Waals surface area contributed by atoms with Crippen LogP contribution in [0, 0.1) is 19.7 Å². The van der Waals surface area contributed by atoms with Gasteiger partial charge in [0.05, 0.1) is 0 Å². The molecule has 1 aromatic heterocycles. The van der Waals surface area contributed by atoms with E-state index in [0.29, 0.717) is 22.9 Å². The Morgan fingerprint density at radius 1 is 1.21 bits per heavy atom. The van der Waals surface area contributed by atoms with Gasteiger partial charge in [-0.25, -0.2) is 4.39 Å². The Labute approximate surface area is 80.6 Å². The first-order chi connectivity index (χ1) is 6.66. The van der Waals surface area contributed by atoms with Crippen molar-refractivity contribution in [1.29, 1.82) is 0 Å². The third-order valence-electron chi connectivity index (χ3n) is 1.94. The fourth-order valence-corrected chi connectivity index (χ4v) is 1.14. The molecule has 0 fully saturated rings. The topological polar surface area (TPSA) is 38.9 Å². The van der Waals surface area contributed by atoms with Crippen molar-refractivity contribution < 1.29 is 8.81 Å². The van der Waals surface area contributed by atoms with Crippen LogP contribution >= 0.6 is 0 Å². The third kappa shape index (κ3) is 1.51. The summed E-state index contributed by atoms with van der Waals surface area (Å²) in [6, 6.07) is 4.83. The molecule has 72 valence electrons. The van der Waals surface area contributed by atoms with Crippen molar-refractivity contribution in [2.45, 2.75) is 13.8 Å². The molecule has 1 aromatic carbocycles. The molecule has 4 heteroatoms. The molecule has 2 aromatic rings. The van der Waals surface area contributed by atoms with Crippen LogP contribution in [0.2, 0.25) is 0 Å². The van der Waals surface area contributed by atoms with Crippen LogP contribution in [-0.2, 0) is 0 Å². The Morgan fingerprint density at radius 3 is 2.57 bits per heavy atom. The van der Waals surface area contributed by atoms with E-state index in [4.69, 9.17) is 4.42 Å². The average molecular weight is 192 g/mol. The molecule has 1 heterocycles. The standard InChI is InChI=1S/C10H9FN2O/c1-6-3-4-8(5-9(6)11)10-13-12-7(2)14-10/h3-5H,1-2H3. The number of hydrogen-bond donors (Lipinski definition) is 0. The SMILES string of the molecule is Cc1nnc(-c2ccc(C)c(F)c2)o1. The van der Waals surface area contributed by atoms with E-state index in [-0.39, 0.29) is 5.82 Å². The largest absolute Gasteiger partial charge is 0.421 e. The summed E-state index contributed by atoms with van der Waals surface area (Å²) in [6.45, 7) is 3.40. The Bertz CT molecular complexity index is 465. The first-order valence-electron chi connectivity index (χ1n) is 4.23. The third-order valence-corrected chi connectivity index (χ3v) is 1.94. The van der Waals surface area contributed by atoms with Gasteiger partial charge in [-0.1, -0.05) is 6.07 Å². The highest BCUT2D eigenvalue weighted by atomic mass is 19.1. The molecule has 0 atom stereocenters. The van der Waals surface area contributed by atoms with Gasteiger partial charge >= 0.3 is 0 Å². The normalized spacial score (nSPS) is 10.5. The molecule has 0 amide bonds. The quantitative estimate of drug-likeness (QED) is 0.696. The maximum atomic E-state index is 13.2. The first kappa shape index (κ1) is 8.87. The Hall–Kier alpha value is -1.71. The van der Waals surface area contributed by atoms with Gasteiger partial charge in [-0.2, -0.15) is 0 Å². The van der Waals surface area contributed by atoms with Crippen LogP contribution in [0.15, 0.2) is 22.6 Å². The van der Waals surface area contributed by atoms with E-state index < -0.39 is 0 Å². The molecule has 3 nitrogen and oxygen atoms in total. The minimum absolute atomic E-state index is 0.265. The van der Waals surface area contributed by atoms with E-state index in [2.05, 4.69) is 10.2 Å². The van der Waals surface area contributed by atoms with Crippen molar-refractivity contribution in [3.63, 3.8) is 0 Å². The minimum atomic E-state index is -0.265. The molecule has 0 aliphatic heterocycles. The van der Waals surface area contributed by atoms with Gasteiger partial charge in [0.15, 0.2) is 0 Å². The van der Waals surface area contributed by atoms with Gasteiger partial charge < -0.3 is 4.42 Å². The zero-order chi connectivity index (χ0) is 10.1. The lowest BCUT2D eigenvalue weighted by atomic mass is 10.1. The number of hydrogen-bond acceptors (Lipinski definition) is 3. The molecule has 0 saturated heterocycles. The summed E-state index contributed by atoms with van der Waals surface area (Å²) >= 11 is 0. The molecule has 0 spiro atoms. The lowest BCUT2D eigenvalue weighted by Gasteiger charge is -1.97. The Balaban J connectivity index is 2.47. The number of nitrogens with zero attached hydrogens (tertiary/aromatic N) is 2. The second kappa shape index (κ2) is 3.21. The maximum Gasteiger partial charge on any atom is 0.247 e. The van der Waals surface area contributed by atoms with E-state index in [1.54, 1.807) is 26.0 Å². The van der Waals surface area contributed by atoms with Crippen molar-refractivity contribution >= 4 is 0 Å². The van der Waals surface area contributed by atoms with Crippen LogP contribution in [-0.4, -0.2) is 10.2 Å². The van der Waals surface area contributed by atoms with E-state index >= 15 is 0 Å². The Morgan fingerprint density at radius 2 is 2.00 bits per heavy atom. The van der Waals surface area contributed by atoms with E-state index in [0.717, 1.165) is 0 Å². The molecule has 0 unspecified atom stereocenters. The summed E-state index contributed by atoms with van der Waals surface area (Å²) in [5.74, 6) is 0.556. The number of halogens is 1. The van der Waals surface area contributed by atoms with Gasteiger partial charge in [-0.15, -0.1) is 10.2 Å². The van der Waals surface area contributed by atoms with Crippen LogP contribution in [0.3, 0.4) is 0 Å². The fourth-order valence-electron chi connectivity index (χ4n) is 1.14. The molecular formula is C10H9FN2O. The molecule has 2 rings (SSSR count). The van der Waals surface area contributed by atoms with Crippen molar-refractivity contribution in [3.8, 4) is 11.5 Å². The molecule has 0 aliphatic carbocycles. The number of rotatable bonds is 1. The lowest BCUT2D eigenvalue weighted by molar-refractivity contribution is 0.531. The molecular weight excluding hydrogens is 183 g/mol. The summed E-state index contributed by atoms with van der Waals surface area (Å²) in [6.07, 6.45) is 0. The smallest absolute Gasteiger partial charge is 0.247 e. The van der Waals surface area contributed by atoms with Crippen LogP contribution < -0.4 is 0 Å². The number of benzene rings is 1. The van der Waals surface area contributed by atoms with Crippen molar-refractivity contribution in [1.82, 2.24) is 10.2 Å². The molecule has 0 aliphatic rings. The lowest BCUT2D eigenvalue weighted by Crippen LogP contribution is -1.84. The van der Waals surface area contributed by atoms with Crippen molar-refractivity contribution in [2.75, 3.05) is 0 Å². The maximum absolute atomic E-state index is 13.2. The predicted molar refractivity (Wildman–Crippen MR) is 49.2 cm³/mol. The number of aromatic nitrogens is 2. The number of aryl methyl sites for hydroxylation is 2. The predicted octanol–water partition coefficient (Wildman–Crippen LogP) is 2.49. The van der Waals surface area contributed by atoms with Gasteiger partial charge in [-0.05, 0) is 24.6 Å². The average Bonchev–Trinajstić information content (AvgIpc) is 2.57.